The van der Waals surface area contributed by atoms with E-state index in [2.05, 4.69) is 5.32 Å². The van der Waals surface area contributed by atoms with E-state index in [1.54, 1.807) is 0 Å². The first kappa shape index (κ1) is 12.1. The number of nitrogens with one attached hydrogen (secondary N) is 1. The summed E-state index contributed by atoms with van der Waals surface area (Å²) >= 11 is 0. The summed E-state index contributed by atoms with van der Waals surface area (Å²) in [5, 5.41) is 2.85. The molecule has 1 fully saturated rings. The van der Waals surface area contributed by atoms with Crippen molar-refractivity contribution in [1.29, 1.82) is 0 Å². The largest absolute Gasteiger partial charge is 0.397 e. The van der Waals surface area contributed by atoms with Crippen molar-refractivity contribution in [2.75, 3.05) is 30.8 Å². The molecule has 0 aliphatic carbocycles. The lowest BCUT2D eigenvalue weighted by Crippen LogP contribution is -2.11. The topological polar surface area (TPSA) is 47.3 Å². The van der Waals surface area contributed by atoms with Crippen LogP contribution in [-0.4, -0.2) is 19.8 Å². The van der Waals surface area contributed by atoms with E-state index in [0.717, 1.165) is 32.1 Å². The molecule has 3 nitrogen and oxygen atoms in total. The Morgan fingerprint density at radius 3 is 2.94 bits per heavy atom. The van der Waals surface area contributed by atoms with Crippen LogP contribution in [0.3, 0.4) is 0 Å². The number of benzene rings is 1. The van der Waals surface area contributed by atoms with Gasteiger partial charge >= 0.3 is 0 Å². The molecule has 2 rings (SSSR count). The highest BCUT2D eigenvalue weighted by Gasteiger charge is 2.16. The number of rotatable bonds is 4. The van der Waals surface area contributed by atoms with Crippen molar-refractivity contribution in [3.8, 4) is 0 Å². The number of hydrogen-bond donors (Lipinski definition) is 2. The molecule has 0 bridgehead atoms. The fraction of sp³-hybridized carbons (Fsp3) is 0.500. The van der Waals surface area contributed by atoms with E-state index in [-0.39, 0.29) is 11.4 Å². The number of hydrogen-bond acceptors (Lipinski definition) is 3. The van der Waals surface area contributed by atoms with Crippen molar-refractivity contribution in [2.24, 2.45) is 5.92 Å². The summed E-state index contributed by atoms with van der Waals surface area (Å²) in [6, 6.07) is 2.39. The fourth-order valence-corrected chi connectivity index (χ4v) is 1.96. The second kappa shape index (κ2) is 5.31. The predicted molar refractivity (Wildman–Crippen MR) is 62.8 cm³/mol. The van der Waals surface area contributed by atoms with Crippen molar-refractivity contribution in [3.63, 3.8) is 0 Å². The van der Waals surface area contributed by atoms with E-state index < -0.39 is 11.6 Å². The van der Waals surface area contributed by atoms with E-state index in [0.29, 0.717) is 12.5 Å². The van der Waals surface area contributed by atoms with Gasteiger partial charge in [0.15, 0.2) is 11.6 Å². The van der Waals surface area contributed by atoms with Gasteiger partial charge in [-0.15, -0.1) is 0 Å². The van der Waals surface area contributed by atoms with Crippen LogP contribution in [0.4, 0.5) is 20.2 Å². The van der Waals surface area contributed by atoms with Crippen LogP contribution in [0.15, 0.2) is 12.1 Å². The van der Waals surface area contributed by atoms with Crippen molar-refractivity contribution < 1.29 is 13.5 Å². The van der Waals surface area contributed by atoms with Gasteiger partial charge in [-0.2, -0.15) is 0 Å². The van der Waals surface area contributed by atoms with Crippen molar-refractivity contribution in [3.05, 3.63) is 23.8 Å². The quantitative estimate of drug-likeness (QED) is 0.797. The second-order valence-electron chi connectivity index (χ2n) is 4.27. The smallest absolute Gasteiger partial charge is 0.183 e. The van der Waals surface area contributed by atoms with Crippen LogP contribution in [0.5, 0.6) is 0 Å². The summed E-state index contributed by atoms with van der Waals surface area (Å²) in [5.74, 6) is -1.29. The molecule has 0 radical (unpaired) electrons. The van der Waals surface area contributed by atoms with Gasteiger partial charge in [0, 0.05) is 19.8 Å². The Balaban J connectivity index is 1.91. The molecule has 1 saturated heterocycles. The lowest BCUT2D eigenvalue weighted by molar-refractivity contribution is 0.185. The maximum Gasteiger partial charge on any atom is 0.183 e. The number of anilines is 2. The molecule has 1 aromatic rings. The zero-order valence-electron chi connectivity index (χ0n) is 9.51. The van der Waals surface area contributed by atoms with Crippen LogP contribution < -0.4 is 11.1 Å². The van der Waals surface area contributed by atoms with Gasteiger partial charge in [0.05, 0.1) is 11.4 Å². The van der Waals surface area contributed by atoms with Crippen LogP contribution >= 0.6 is 0 Å². The molecule has 17 heavy (non-hydrogen) atoms. The fourth-order valence-electron chi connectivity index (χ4n) is 1.96. The molecule has 1 unspecified atom stereocenters. The Kier molecular flexibility index (Phi) is 3.78. The number of halogens is 2. The highest BCUT2D eigenvalue weighted by molar-refractivity contribution is 5.66. The SMILES string of the molecule is Nc1ccc(F)c(F)c1NCCC1CCOC1. The molecule has 94 valence electrons. The van der Waals surface area contributed by atoms with Crippen LogP contribution in [0.2, 0.25) is 0 Å². The van der Waals surface area contributed by atoms with Crippen LogP contribution in [0.25, 0.3) is 0 Å². The number of ether oxygens (including phenoxy) is 1. The van der Waals surface area contributed by atoms with Gasteiger partial charge in [0.2, 0.25) is 0 Å². The summed E-state index contributed by atoms with van der Waals surface area (Å²) in [4.78, 5) is 0. The first-order chi connectivity index (χ1) is 8.18. The summed E-state index contributed by atoms with van der Waals surface area (Å²) in [6.07, 6.45) is 1.90. The number of nitrogens with two attached hydrogens (primary N) is 1. The van der Waals surface area contributed by atoms with E-state index in [1.165, 1.54) is 6.07 Å². The third-order valence-corrected chi connectivity index (χ3v) is 3.01. The van der Waals surface area contributed by atoms with Gasteiger partial charge in [-0.3, -0.25) is 0 Å². The normalized spacial score (nSPS) is 19.5. The molecule has 1 heterocycles. The summed E-state index contributed by atoms with van der Waals surface area (Å²) in [5.41, 5.74) is 5.88. The van der Waals surface area contributed by atoms with Gasteiger partial charge in [0.1, 0.15) is 0 Å². The van der Waals surface area contributed by atoms with E-state index >= 15 is 0 Å². The van der Waals surface area contributed by atoms with Gasteiger partial charge < -0.3 is 15.8 Å². The maximum atomic E-state index is 13.4. The molecule has 1 aromatic carbocycles. The van der Waals surface area contributed by atoms with Crippen LogP contribution in [0.1, 0.15) is 12.8 Å². The molecule has 0 amide bonds. The Morgan fingerprint density at radius 2 is 2.24 bits per heavy atom. The van der Waals surface area contributed by atoms with E-state index in [9.17, 15) is 8.78 Å². The van der Waals surface area contributed by atoms with Crippen LogP contribution in [-0.2, 0) is 4.74 Å². The standard InChI is InChI=1S/C12H16F2N2O/c13-9-1-2-10(15)12(11(9)14)16-5-3-8-4-6-17-7-8/h1-2,8,16H,3-7,15H2. The molecule has 1 aliphatic rings. The van der Waals surface area contributed by atoms with Gasteiger partial charge in [-0.25, -0.2) is 8.78 Å². The Morgan fingerprint density at radius 1 is 1.41 bits per heavy atom. The average Bonchev–Trinajstić information content (AvgIpc) is 2.81. The molecule has 3 N–H and O–H groups in total. The first-order valence-electron chi connectivity index (χ1n) is 5.73. The first-order valence-corrected chi connectivity index (χ1v) is 5.73. The van der Waals surface area contributed by atoms with E-state index in [1.807, 2.05) is 0 Å². The molecule has 0 spiro atoms. The van der Waals surface area contributed by atoms with Gasteiger partial charge in [-0.1, -0.05) is 0 Å². The molecule has 5 heteroatoms. The molecular formula is C12H16F2N2O. The van der Waals surface area contributed by atoms with Gasteiger partial charge in [-0.05, 0) is 30.9 Å². The Bertz CT molecular complexity index is 392. The van der Waals surface area contributed by atoms with Crippen molar-refractivity contribution in [2.45, 2.75) is 12.8 Å². The molecule has 0 aromatic heterocycles. The monoisotopic (exact) mass is 242 g/mol. The maximum absolute atomic E-state index is 13.4. The van der Waals surface area contributed by atoms with Crippen LogP contribution in [0, 0.1) is 17.6 Å². The zero-order valence-corrected chi connectivity index (χ0v) is 9.51. The minimum absolute atomic E-state index is 0.0592. The highest BCUT2D eigenvalue weighted by Crippen LogP contribution is 2.25. The minimum atomic E-state index is -0.910. The average molecular weight is 242 g/mol. The Labute approximate surface area is 98.9 Å². The molecule has 1 atom stereocenters. The third kappa shape index (κ3) is 2.85. The predicted octanol–water partition coefficient (Wildman–Crippen LogP) is 2.39. The van der Waals surface area contributed by atoms with Crippen molar-refractivity contribution >= 4 is 11.4 Å². The van der Waals surface area contributed by atoms with E-state index in [4.69, 9.17) is 10.5 Å². The molecule has 1 aliphatic heterocycles. The number of nitrogen functional groups attached to an aromatic ring is 1. The minimum Gasteiger partial charge on any atom is -0.397 e. The second-order valence-corrected chi connectivity index (χ2v) is 4.27. The lowest BCUT2D eigenvalue weighted by atomic mass is 10.1. The Hall–Kier alpha value is -1.36. The van der Waals surface area contributed by atoms with Gasteiger partial charge in [0.25, 0.3) is 0 Å². The molecular weight excluding hydrogens is 226 g/mol. The zero-order chi connectivity index (χ0) is 12.3. The summed E-state index contributed by atoms with van der Waals surface area (Å²) in [6.45, 7) is 2.11. The third-order valence-electron chi connectivity index (χ3n) is 3.01. The highest BCUT2D eigenvalue weighted by atomic mass is 19.2. The summed E-state index contributed by atoms with van der Waals surface area (Å²) in [7, 11) is 0. The lowest BCUT2D eigenvalue weighted by Gasteiger charge is -2.12. The molecule has 0 saturated carbocycles. The summed E-state index contributed by atoms with van der Waals surface area (Å²) < 4.78 is 31.7. The van der Waals surface area contributed by atoms with Crippen molar-refractivity contribution in [1.82, 2.24) is 0 Å².